The highest BCUT2D eigenvalue weighted by molar-refractivity contribution is 7.22. The van der Waals surface area contributed by atoms with Gasteiger partial charge in [0.05, 0.1) is 60.6 Å². The van der Waals surface area contributed by atoms with Crippen molar-refractivity contribution in [3.63, 3.8) is 0 Å². The highest BCUT2D eigenvalue weighted by atomic mass is 32.1. The lowest BCUT2D eigenvalue weighted by Gasteiger charge is -2.61. The molecule has 2 aromatic heterocycles. The second-order valence-corrected chi connectivity index (χ2v) is 27.1. The number of allylic oxidation sites excluding steroid dienone is 2. The molecular weight excluding hydrogens is 1210 g/mol. The Balaban J connectivity index is 0.723. The molecule has 93 heavy (non-hydrogen) atoms. The van der Waals surface area contributed by atoms with Gasteiger partial charge in [0, 0.05) is 87.6 Å². The van der Waals surface area contributed by atoms with Gasteiger partial charge in [0.25, 0.3) is 5.91 Å². The number of rotatable bonds is 30. The number of nitrogens with zero attached hydrogens (tertiary/aromatic N) is 4. The molecule has 6 atom stereocenters. The van der Waals surface area contributed by atoms with Crippen molar-refractivity contribution in [3.8, 4) is 5.75 Å². The smallest absolute Gasteiger partial charge is 0.409 e. The van der Waals surface area contributed by atoms with Crippen LogP contribution in [-0.2, 0) is 51.0 Å². The van der Waals surface area contributed by atoms with E-state index >= 15 is 0 Å². The molecule has 4 heterocycles. The number of carbonyl (C=O) groups excluding carboxylic acids is 4. The third-order valence-corrected chi connectivity index (χ3v) is 18.2. The molecule has 6 unspecified atom stereocenters. The topological polar surface area (TPSA) is 323 Å². The van der Waals surface area contributed by atoms with Gasteiger partial charge in [-0.1, -0.05) is 75.4 Å². The van der Waals surface area contributed by atoms with Gasteiger partial charge in [0.2, 0.25) is 18.6 Å². The van der Waals surface area contributed by atoms with Crippen LogP contribution in [0.2, 0.25) is 0 Å². The summed E-state index contributed by atoms with van der Waals surface area (Å²) in [6.45, 7) is 14.5. The van der Waals surface area contributed by atoms with Gasteiger partial charge in [-0.15, -0.1) is 0 Å². The Bertz CT molecular complexity index is 3580. The van der Waals surface area contributed by atoms with Crippen molar-refractivity contribution in [2.75, 3.05) is 88.4 Å². The van der Waals surface area contributed by atoms with Gasteiger partial charge in [0.15, 0.2) is 16.9 Å². The Kier molecular flexibility index (Phi) is 22.7. The molecule has 498 valence electrons. The van der Waals surface area contributed by atoms with Crippen LogP contribution >= 0.6 is 11.3 Å². The van der Waals surface area contributed by atoms with Gasteiger partial charge in [-0.25, -0.2) is 24.4 Å². The molecule has 1 saturated heterocycles. The second kappa shape index (κ2) is 30.6. The van der Waals surface area contributed by atoms with Crippen molar-refractivity contribution < 1.29 is 72.5 Å². The lowest BCUT2D eigenvalue weighted by Crippen LogP contribution is -2.58. The number of carboxylic acid groups (broad SMARTS) is 2. The molecule has 8 N–H and O–H groups in total. The molecule has 2 aliphatic heterocycles. The molecule has 2 saturated carbocycles. The predicted octanol–water partition coefficient (Wildman–Crippen LogP) is 9.17. The molecule has 3 fully saturated rings. The summed E-state index contributed by atoms with van der Waals surface area (Å²) < 4.78 is 36.5. The molecule has 4 amide bonds. The zero-order valence-electron chi connectivity index (χ0n) is 53.5. The number of hydrogen-bond acceptors (Lipinski definition) is 19. The fourth-order valence-electron chi connectivity index (χ4n) is 14.2. The number of aliphatic hydroxyl groups excluding tert-OH is 1. The molecule has 0 radical (unpaired) electrons. The number of fused-ring (bicyclic) bond motifs is 4. The molecule has 9 rings (SSSR count). The van der Waals surface area contributed by atoms with Gasteiger partial charge in [-0.05, 0) is 127 Å². The zero-order valence-corrected chi connectivity index (χ0v) is 54.4. The van der Waals surface area contributed by atoms with Crippen LogP contribution in [0.25, 0.3) is 21.9 Å². The lowest BCUT2D eigenvalue weighted by molar-refractivity contribution is -0.195. The molecule has 3 aromatic carbocycles. The predicted molar refractivity (Wildman–Crippen MR) is 352 cm³/mol. The van der Waals surface area contributed by atoms with Gasteiger partial charge in [-0.3, -0.25) is 19.7 Å². The van der Waals surface area contributed by atoms with E-state index in [9.17, 15) is 44.1 Å². The van der Waals surface area contributed by atoms with Crippen LogP contribution in [-0.4, -0.2) is 170 Å². The molecule has 25 heteroatoms. The summed E-state index contributed by atoms with van der Waals surface area (Å²) in [6.07, 6.45) is 6.14. The molecule has 5 aromatic rings. The molecule has 4 aliphatic rings. The van der Waals surface area contributed by atoms with E-state index in [2.05, 4.69) is 53.9 Å². The van der Waals surface area contributed by atoms with Crippen LogP contribution in [0.4, 0.5) is 21.4 Å². The van der Waals surface area contributed by atoms with Crippen molar-refractivity contribution in [2.24, 2.45) is 16.2 Å². The monoisotopic (exact) mass is 1300 g/mol. The number of ether oxygens (including phenoxy) is 6. The minimum atomic E-state index is -1.27. The Morgan fingerprint density at radius 3 is 2.43 bits per heavy atom. The van der Waals surface area contributed by atoms with Crippen LogP contribution in [0, 0.1) is 21.7 Å². The van der Waals surface area contributed by atoms with Gasteiger partial charge >= 0.3 is 18.0 Å². The first-order chi connectivity index (χ1) is 44.4. The van der Waals surface area contributed by atoms with Crippen LogP contribution < -0.4 is 30.9 Å². The number of hydrogen-bond donors (Lipinski definition) is 8. The number of aliphatic carboxylic acids is 1. The number of aromatic nitrogens is 2. The van der Waals surface area contributed by atoms with Crippen molar-refractivity contribution in [3.05, 3.63) is 118 Å². The maximum absolute atomic E-state index is 13.8. The largest absolute Gasteiger partial charge is 0.479 e. The fraction of sp³-hybridized carbons (Fsp3) is 0.485. The maximum Gasteiger partial charge on any atom is 0.409 e. The van der Waals surface area contributed by atoms with Crippen molar-refractivity contribution in [2.45, 2.75) is 123 Å². The molecular formula is C68H85N9O15S. The second-order valence-electron chi connectivity index (χ2n) is 26.1. The number of thiazole rings is 1. The van der Waals surface area contributed by atoms with Crippen molar-refractivity contribution in [1.29, 1.82) is 5.41 Å². The van der Waals surface area contributed by atoms with E-state index in [4.69, 9.17) is 38.8 Å². The number of para-hydroxylation sites is 1. The highest BCUT2D eigenvalue weighted by Gasteiger charge is 2.58. The van der Waals surface area contributed by atoms with Crippen LogP contribution in [0.3, 0.4) is 0 Å². The number of benzene rings is 3. The standard InChI is InChI=1S/C68H85N9O15S/c1-43(49(34-69)47-17-19-56(74-59(47)62(84)85)77-23-21-45-12-9-13-48(50(45)35-77)60(81)75-63-73-51-14-7-8-15-55(51)93-63)71-41-67(5)38-66(4)36-65(2,3)37-68(39-66,40-67)90-30-29-88-28-27-87-26-24-76(6)64(86)89-25-10-11-44-16-18-53(52(31-44)72-57(80)20-22-70-42-78)91-58-33-46(79)32-54(92-58)61(82)83/h7-19,31,34,42,46,54,58,69,71,79H,20-30,32-33,35-41H2,1-6H3,(H,70,78)(H,72,80)(H,82,83)(H,84,85)(H,73,75,81)/b11-10+,49-43+,69-34?. The number of likely N-dealkylation sites (N-methyl/N-ethyl adjacent to an activating group) is 1. The van der Waals surface area contributed by atoms with E-state index in [0.29, 0.717) is 97.8 Å². The molecule has 0 spiro atoms. The summed E-state index contributed by atoms with van der Waals surface area (Å²) in [5, 5.41) is 51.2. The number of aliphatic hydroxyl groups is 1. The average Bonchev–Trinajstić information content (AvgIpc) is 1.18. The van der Waals surface area contributed by atoms with E-state index < -0.39 is 48.0 Å². The molecule has 24 nitrogen and oxygen atoms in total. The normalized spacial score (nSPS) is 22.6. The minimum Gasteiger partial charge on any atom is -0.479 e. The number of aromatic carboxylic acids is 1. The summed E-state index contributed by atoms with van der Waals surface area (Å²) in [7, 11) is 1.60. The fourth-order valence-corrected chi connectivity index (χ4v) is 15.1. The Morgan fingerprint density at radius 1 is 0.882 bits per heavy atom. The zero-order chi connectivity index (χ0) is 66.5. The van der Waals surface area contributed by atoms with Crippen LogP contribution in [0.15, 0.2) is 84.6 Å². The summed E-state index contributed by atoms with van der Waals surface area (Å²) >= 11 is 1.41. The lowest BCUT2D eigenvalue weighted by atomic mass is 9.48. The van der Waals surface area contributed by atoms with Gasteiger partial charge < -0.3 is 74.9 Å². The third kappa shape index (κ3) is 18.3. The third-order valence-electron chi connectivity index (χ3n) is 17.3. The SMILES string of the molecule is C/C(NCC1(C)CC2(C)CC(C)(C)CC(OCCOCCOCCN(C)C(=O)OC/C=C/c3ccc(OC4CC(O)CC(C(=O)O)O4)c(NC(=O)CCNC=O)c3)(C1)C2)=C(/C=N)c1ccc(N2CCc3cccc(C(=O)Nc4nc5ccccc5s4)c3C2)nc1C(=O)O. The van der Waals surface area contributed by atoms with Gasteiger partial charge in [-0.2, -0.15) is 0 Å². The first-order valence-corrected chi connectivity index (χ1v) is 32.2. The Morgan fingerprint density at radius 2 is 1.67 bits per heavy atom. The summed E-state index contributed by atoms with van der Waals surface area (Å²) in [4.78, 5) is 87.2. The van der Waals surface area contributed by atoms with E-state index in [-0.39, 0.29) is 84.8 Å². The maximum atomic E-state index is 13.8. The highest BCUT2D eigenvalue weighted by Crippen LogP contribution is 2.63. The van der Waals surface area contributed by atoms with E-state index in [1.54, 1.807) is 55.6 Å². The summed E-state index contributed by atoms with van der Waals surface area (Å²) in [5.74, 6) is -2.52. The van der Waals surface area contributed by atoms with Crippen LogP contribution in [0.5, 0.6) is 5.75 Å². The average molecular weight is 1300 g/mol. The van der Waals surface area contributed by atoms with E-state index in [0.717, 1.165) is 53.4 Å². The van der Waals surface area contributed by atoms with Crippen molar-refractivity contribution >= 4 is 92.3 Å². The quantitative estimate of drug-likeness (QED) is 0.0121. The summed E-state index contributed by atoms with van der Waals surface area (Å²) in [6, 6.07) is 21.8. The number of carbonyl (C=O) groups is 6. The Hall–Kier alpha value is -8.33. The minimum absolute atomic E-state index is 0.0111. The molecule has 2 bridgehead atoms. The Labute approximate surface area is 544 Å². The first-order valence-electron chi connectivity index (χ1n) is 31.4. The number of amides is 4. The van der Waals surface area contributed by atoms with E-state index in [1.807, 2.05) is 48.2 Å². The number of anilines is 3. The van der Waals surface area contributed by atoms with E-state index in [1.165, 1.54) is 22.5 Å². The van der Waals surface area contributed by atoms with Gasteiger partial charge in [0.1, 0.15) is 18.2 Å². The number of carboxylic acids is 2. The van der Waals surface area contributed by atoms with Crippen molar-refractivity contribution in [1.82, 2.24) is 25.5 Å². The molecule has 2 aliphatic carbocycles. The summed E-state index contributed by atoms with van der Waals surface area (Å²) in [5.41, 5.74) is 4.69. The first kappa shape index (κ1) is 69.0. The number of pyridine rings is 1. The van der Waals surface area contributed by atoms with Crippen LogP contribution in [0.1, 0.15) is 129 Å². The number of nitrogens with one attached hydrogen (secondary N) is 5.